The van der Waals surface area contributed by atoms with E-state index in [9.17, 15) is 0 Å². The molecule has 0 atom stereocenters. The van der Waals surface area contributed by atoms with Gasteiger partial charge in [0.15, 0.2) is 11.0 Å². The standard InChI is InChI=1S/C15H19N9S/c1-9(2)11-18-13(23(3)4)20-14(19-11)25-15-22-21-12(24(15)5)10-8-16-6-7-17-10/h6-9H,1-5H3. The SMILES string of the molecule is CC(C)c1nc(Sc2nnc(-c3cnccn3)n2C)nc(N(C)C)n1. The van der Waals surface area contributed by atoms with E-state index in [1.54, 1.807) is 18.6 Å². The number of rotatable bonds is 5. The Morgan fingerprint density at radius 2 is 1.88 bits per heavy atom. The summed E-state index contributed by atoms with van der Waals surface area (Å²) >= 11 is 1.35. The van der Waals surface area contributed by atoms with Crippen LogP contribution < -0.4 is 4.90 Å². The third-order valence-electron chi connectivity index (χ3n) is 3.35. The van der Waals surface area contributed by atoms with Crippen LogP contribution in [0.5, 0.6) is 0 Å². The van der Waals surface area contributed by atoms with Gasteiger partial charge in [-0.15, -0.1) is 10.2 Å². The molecule has 0 radical (unpaired) electrons. The van der Waals surface area contributed by atoms with E-state index in [0.717, 1.165) is 5.82 Å². The monoisotopic (exact) mass is 357 g/mol. The van der Waals surface area contributed by atoms with Gasteiger partial charge in [0, 0.05) is 39.5 Å². The van der Waals surface area contributed by atoms with Crippen LogP contribution in [0, 0.1) is 0 Å². The first kappa shape index (κ1) is 17.2. The topological polar surface area (TPSA) is 98.4 Å². The lowest BCUT2D eigenvalue weighted by atomic mass is 10.2. The Morgan fingerprint density at radius 3 is 2.52 bits per heavy atom. The zero-order chi connectivity index (χ0) is 18.0. The maximum Gasteiger partial charge on any atom is 0.229 e. The highest BCUT2D eigenvalue weighted by molar-refractivity contribution is 7.99. The fourth-order valence-corrected chi connectivity index (χ4v) is 2.72. The second-order valence-electron chi connectivity index (χ2n) is 5.88. The van der Waals surface area contributed by atoms with Crippen LogP contribution >= 0.6 is 11.8 Å². The molecule has 3 rings (SSSR count). The van der Waals surface area contributed by atoms with Crippen molar-refractivity contribution in [1.82, 2.24) is 39.7 Å². The van der Waals surface area contributed by atoms with E-state index < -0.39 is 0 Å². The van der Waals surface area contributed by atoms with E-state index in [1.807, 2.05) is 30.6 Å². The van der Waals surface area contributed by atoms with Crippen molar-refractivity contribution in [2.75, 3.05) is 19.0 Å². The highest BCUT2D eigenvalue weighted by Gasteiger charge is 2.17. The molecule has 0 unspecified atom stereocenters. The molecular weight excluding hydrogens is 338 g/mol. The first-order chi connectivity index (χ1) is 12.0. The summed E-state index contributed by atoms with van der Waals surface area (Å²) in [6, 6.07) is 0. The Bertz CT molecular complexity index is 834. The molecule has 3 aromatic rings. The molecule has 0 saturated carbocycles. The summed E-state index contributed by atoms with van der Waals surface area (Å²) in [6.07, 6.45) is 4.90. The van der Waals surface area contributed by atoms with Gasteiger partial charge >= 0.3 is 0 Å². The van der Waals surface area contributed by atoms with Crippen molar-refractivity contribution in [2.45, 2.75) is 30.1 Å². The van der Waals surface area contributed by atoms with Gasteiger partial charge in [-0.1, -0.05) is 13.8 Å². The van der Waals surface area contributed by atoms with Gasteiger partial charge in [-0.05, 0) is 11.8 Å². The Kier molecular flexibility index (Phi) is 4.88. The molecule has 130 valence electrons. The second kappa shape index (κ2) is 7.09. The molecule has 0 aliphatic heterocycles. The third kappa shape index (κ3) is 3.73. The summed E-state index contributed by atoms with van der Waals surface area (Å²) in [6.45, 7) is 4.11. The van der Waals surface area contributed by atoms with Gasteiger partial charge < -0.3 is 9.47 Å². The molecule has 9 nitrogen and oxygen atoms in total. The Balaban J connectivity index is 1.94. The van der Waals surface area contributed by atoms with E-state index in [2.05, 4.69) is 49.0 Å². The predicted molar refractivity (Wildman–Crippen MR) is 94.4 cm³/mol. The molecule has 0 saturated heterocycles. The van der Waals surface area contributed by atoms with Crippen LogP contribution in [0.2, 0.25) is 0 Å². The van der Waals surface area contributed by atoms with E-state index in [4.69, 9.17) is 0 Å². The quantitative estimate of drug-likeness (QED) is 0.676. The summed E-state index contributed by atoms with van der Waals surface area (Å²) in [5.41, 5.74) is 0.664. The lowest BCUT2D eigenvalue weighted by molar-refractivity contribution is 0.712. The van der Waals surface area contributed by atoms with Gasteiger partial charge in [0.1, 0.15) is 11.5 Å². The van der Waals surface area contributed by atoms with E-state index in [-0.39, 0.29) is 5.92 Å². The average Bonchev–Trinajstić information content (AvgIpc) is 2.96. The van der Waals surface area contributed by atoms with Crippen molar-refractivity contribution in [3.05, 3.63) is 24.4 Å². The van der Waals surface area contributed by atoms with Crippen LogP contribution in [-0.4, -0.2) is 53.8 Å². The Labute approximate surface area is 150 Å². The number of anilines is 1. The van der Waals surface area contributed by atoms with E-state index >= 15 is 0 Å². The number of aromatic nitrogens is 8. The summed E-state index contributed by atoms with van der Waals surface area (Å²) in [7, 11) is 5.69. The highest BCUT2D eigenvalue weighted by Crippen LogP contribution is 2.27. The van der Waals surface area contributed by atoms with Gasteiger partial charge in [-0.3, -0.25) is 4.98 Å². The summed E-state index contributed by atoms with van der Waals surface area (Å²) in [5.74, 6) is 2.22. The number of hydrogen-bond donors (Lipinski definition) is 0. The minimum Gasteiger partial charge on any atom is -0.347 e. The predicted octanol–water partition coefficient (Wildman–Crippen LogP) is 1.80. The van der Waals surface area contributed by atoms with Crippen LogP contribution in [0.15, 0.2) is 28.9 Å². The smallest absolute Gasteiger partial charge is 0.229 e. The molecule has 0 aromatic carbocycles. The third-order valence-corrected chi connectivity index (χ3v) is 4.25. The van der Waals surface area contributed by atoms with Gasteiger partial charge in [-0.2, -0.15) is 9.97 Å². The van der Waals surface area contributed by atoms with Crippen LogP contribution in [0.25, 0.3) is 11.5 Å². The van der Waals surface area contributed by atoms with E-state index in [0.29, 0.717) is 27.8 Å². The molecule has 0 aliphatic carbocycles. The van der Waals surface area contributed by atoms with Crippen LogP contribution in [-0.2, 0) is 7.05 Å². The number of nitrogens with zero attached hydrogens (tertiary/aromatic N) is 9. The Morgan fingerprint density at radius 1 is 1.08 bits per heavy atom. The highest BCUT2D eigenvalue weighted by atomic mass is 32.2. The van der Waals surface area contributed by atoms with Gasteiger partial charge in [-0.25, -0.2) is 9.97 Å². The normalized spacial score (nSPS) is 11.1. The number of hydrogen-bond acceptors (Lipinski definition) is 9. The lowest BCUT2D eigenvalue weighted by Gasteiger charge is -2.13. The fraction of sp³-hybridized carbons (Fsp3) is 0.400. The van der Waals surface area contributed by atoms with Crippen molar-refractivity contribution < 1.29 is 0 Å². The van der Waals surface area contributed by atoms with Crippen molar-refractivity contribution in [3.63, 3.8) is 0 Å². The maximum absolute atomic E-state index is 4.54. The molecule has 0 aliphatic rings. The minimum absolute atomic E-state index is 0.204. The maximum atomic E-state index is 4.54. The van der Waals surface area contributed by atoms with Crippen molar-refractivity contribution in [1.29, 1.82) is 0 Å². The van der Waals surface area contributed by atoms with Gasteiger partial charge in [0.2, 0.25) is 11.1 Å². The average molecular weight is 357 g/mol. The molecule has 25 heavy (non-hydrogen) atoms. The fourth-order valence-electron chi connectivity index (χ4n) is 1.99. The van der Waals surface area contributed by atoms with Gasteiger partial charge in [0.25, 0.3) is 0 Å². The first-order valence-electron chi connectivity index (χ1n) is 7.72. The van der Waals surface area contributed by atoms with Gasteiger partial charge in [0.05, 0.1) is 6.20 Å². The molecule has 0 spiro atoms. The van der Waals surface area contributed by atoms with E-state index in [1.165, 1.54) is 11.8 Å². The molecule has 3 aromatic heterocycles. The molecule has 0 fully saturated rings. The molecule has 3 heterocycles. The Hall–Kier alpha value is -2.62. The molecule has 0 bridgehead atoms. The molecular formula is C15H19N9S. The minimum atomic E-state index is 0.204. The molecule has 10 heteroatoms. The molecule has 0 amide bonds. The summed E-state index contributed by atoms with van der Waals surface area (Å²) in [5, 5.41) is 9.69. The largest absolute Gasteiger partial charge is 0.347 e. The van der Waals surface area contributed by atoms with Crippen LogP contribution in [0.3, 0.4) is 0 Å². The van der Waals surface area contributed by atoms with Crippen molar-refractivity contribution in [2.24, 2.45) is 7.05 Å². The van der Waals surface area contributed by atoms with Crippen LogP contribution in [0.4, 0.5) is 5.95 Å². The summed E-state index contributed by atoms with van der Waals surface area (Å²) in [4.78, 5) is 23.7. The zero-order valence-corrected chi connectivity index (χ0v) is 15.6. The van der Waals surface area contributed by atoms with Crippen LogP contribution in [0.1, 0.15) is 25.6 Å². The lowest BCUT2D eigenvalue weighted by Crippen LogP contribution is -2.16. The zero-order valence-electron chi connectivity index (χ0n) is 14.7. The second-order valence-corrected chi connectivity index (χ2v) is 6.82. The molecule has 0 N–H and O–H groups in total. The summed E-state index contributed by atoms with van der Waals surface area (Å²) < 4.78 is 1.85. The van der Waals surface area contributed by atoms with Crippen molar-refractivity contribution >= 4 is 17.7 Å². The van der Waals surface area contributed by atoms with Crippen molar-refractivity contribution in [3.8, 4) is 11.5 Å². The first-order valence-corrected chi connectivity index (χ1v) is 8.54.